The minimum absolute atomic E-state index is 0.118. The third kappa shape index (κ3) is 3.28. The lowest BCUT2D eigenvalue weighted by Crippen LogP contribution is -2.20. The van der Waals surface area contributed by atoms with Gasteiger partial charge in [0.05, 0.1) is 11.8 Å². The van der Waals surface area contributed by atoms with Crippen LogP contribution in [0.3, 0.4) is 0 Å². The van der Waals surface area contributed by atoms with Crippen molar-refractivity contribution in [1.82, 2.24) is 4.57 Å². The van der Waals surface area contributed by atoms with Crippen LogP contribution in [0.15, 0.2) is 30.3 Å². The van der Waals surface area contributed by atoms with Crippen LogP contribution in [0.4, 0.5) is 0 Å². The van der Waals surface area contributed by atoms with Crippen molar-refractivity contribution in [3.63, 3.8) is 0 Å². The van der Waals surface area contributed by atoms with Crippen molar-refractivity contribution >= 4 is 11.8 Å². The normalized spacial score (nSPS) is 13.9. The summed E-state index contributed by atoms with van der Waals surface area (Å²) in [6, 6.07) is 9.99. The molecule has 0 aliphatic heterocycles. The van der Waals surface area contributed by atoms with Gasteiger partial charge < -0.3 is 9.30 Å². The molecule has 4 heteroatoms. The van der Waals surface area contributed by atoms with Gasteiger partial charge in [-0.1, -0.05) is 29.8 Å². The summed E-state index contributed by atoms with van der Waals surface area (Å²) in [6.07, 6.45) is 2.04. The van der Waals surface area contributed by atoms with Crippen molar-refractivity contribution in [3.05, 3.63) is 58.4 Å². The van der Waals surface area contributed by atoms with Crippen LogP contribution >= 0.6 is 0 Å². The van der Waals surface area contributed by atoms with Crippen molar-refractivity contribution in [2.24, 2.45) is 0 Å². The van der Waals surface area contributed by atoms with Crippen molar-refractivity contribution in [1.29, 1.82) is 0 Å². The van der Waals surface area contributed by atoms with Gasteiger partial charge in [0.15, 0.2) is 5.78 Å². The highest BCUT2D eigenvalue weighted by Gasteiger charge is 2.28. The lowest BCUT2D eigenvalue weighted by atomic mass is 9.97. The van der Waals surface area contributed by atoms with E-state index >= 15 is 0 Å². The van der Waals surface area contributed by atoms with Crippen LogP contribution in [0.2, 0.25) is 0 Å². The van der Waals surface area contributed by atoms with E-state index in [1.165, 1.54) is 5.56 Å². The number of aryl methyl sites for hydroxylation is 2. The molecule has 0 radical (unpaired) electrons. The molecule has 0 unspecified atom stereocenters. The van der Waals surface area contributed by atoms with E-state index in [0.717, 1.165) is 24.0 Å². The number of benzene rings is 1. The minimum Gasteiger partial charge on any atom is -0.458 e. The lowest BCUT2D eigenvalue weighted by Gasteiger charge is -2.16. The maximum absolute atomic E-state index is 12.5. The third-order valence-corrected chi connectivity index (χ3v) is 4.30. The largest absolute Gasteiger partial charge is 0.458 e. The fourth-order valence-electron chi connectivity index (χ4n) is 3.17. The maximum Gasteiger partial charge on any atom is 0.355 e. The predicted octanol–water partition coefficient (Wildman–Crippen LogP) is 3.93. The first-order valence-electron chi connectivity index (χ1n) is 8.48. The number of carbonyl (C=O) groups excluding carboxylic acids is 2. The summed E-state index contributed by atoms with van der Waals surface area (Å²) >= 11 is 0. The Morgan fingerprint density at radius 2 is 1.92 bits per heavy atom. The summed E-state index contributed by atoms with van der Waals surface area (Å²) in [7, 11) is 0. The van der Waals surface area contributed by atoms with Crippen LogP contribution in [0, 0.1) is 6.92 Å². The molecule has 0 amide bonds. The number of aromatic nitrogens is 1. The van der Waals surface area contributed by atoms with Gasteiger partial charge in [-0.25, -0.2) is 4.79 Å². The van der Waals surface area contributed by atoms with Gasteiger partial charge in [0.2, 0.25) is 0 Å². The molecule has 0 N–H and O–H groups in total. The van der Waals surface area contributed by atoms with Crippen LogP contribution in [-0.4, -0.2) is 22.4 Å². The van der Waals surface area contributed by atoms with E-state index in [1.807, 2.05) is 55.7 Å². The number of rotatable bonds is 4. The number of nitrogens with zero attached hydrogens (tertiary/aromatic N) is 1. The van der Waals surface area contributed by atoms with Crippen molar-refractivity contribution < 1.29 is 14.3 Å². The third-order valence-electron chi connectivity index (χ3n) is 4.30. The van der Waals surface area contributed by atoms with Crippen LogP contribution in [0.5, 0.6) is 0 Å². The van der Waals surface area contributed by atoms with Crippen LogP contribution in [-0.2, 0) is 17.7 Å². The molecule has 126 valence electrons. The topological polar surface area (TPSA) is 48.3 Å². The van der Waals surface area contributed by atoms with Gasteiger partial charge >= 0.3 is 5.97 Å². The Labute approximate surface area is 142 Å². The van der Waals surface area contributed by atoms with Crippen LogP contribution in [0.1, 0.15) is 64.4 Å². The SMILES string of the molecule is Cc1ccc(Cn2c(C(=O)OC(C)C)cc3c2C(=O)CCC3)cc1. The molecular weight excluding hydrogens is 302 g/mol. The zero-order chi connectivity index (χ0) is 17.3. The molecule has 1 aliphatic carbocycles. The van der Waals surface area contributed by atoms with Gasteiger partial charge in [0, 0.05) is 13.0 Å². The van der Waals surface area contributed by atoms with E-state index < -0.39 is 0 Å². The van der Waals surface area contributed by atoms with Crippen LogP contribution < -0.4 is 0 Å². The Bertz CT molecular complexity index is 769. The van der Waals surface area contributed by atoms with Crippen molar-refractivity contribution in [2.75, 3.05) is 0 Å². The van der Waals surface area contributed by atoms with Gasteiger partial charge in [-0.3, -0.25) is 4.79 Å². The molecule has 2 aromatic rings. The summed E-state index contributed by atoms with van der Waals surface area (Å²) in [6.45, 7) is 6.20. The Morgan fingerprint density at radius 1 is 1.21 bits per heavy atom. The monoisotopic (exact) mass is 325 g/mol. The molecule has 0 fully saturated rings. The summed E-state index contributed by atoms with van der Waals surface area (Å²) in [4.78, 5) is 24.9. The molecule has 1 aromatic carbocycles. The van der Waals surface area contributed by atoms with E-state index in [-0.39, 0.29) is 17.9 Å². The highest BCUT2D eigenvalue weighted by molar-refractivity contribution is 6.00. The molecule has 0 atom stereocenters. The summed E-state index contributed by atoms with van der Waals surface area (Å²) < 4.78 is 7.22. The average Bonchev–Trinajstić information content (AvgIpc) is 2.89. The average molecular weight is 325 g/mol. The molecule has 1 aliphatic rings. The molecule has 0 bridgehead atoms. The van der Waals surface area contributed by atoms with Crippen molar-refractivity contribution in [3.8, 4) is 0 Å². The number of ketones is 1. The number of esters is 1. The van der Waals surface area contributed by atoms with Gasteiger partial charge in [0.25, 0.3) is 0 Å². The summed E-state index contributed by atoms with van der Waals surface area (Å²) in [5.74, 6) is -0.244. The molecule has 0 spiro atoms. The Hall–Kier alpha value is -2.36. The van der Waals surface area contributed by atoms with Gasteiger partial charge in [-0.15, -0.1) is 0 Å². The summed E-state index contributed by atoms with van der Waals surface area (Å²) in [5, 5.41) is 0. The second-order valence-corrected chi connectivity index (χ2v) is 6.71. The van der Waals surface area contributed by atoms with E-state index in [9.17, 15) is 9.59 Å². The number of hydrogen-bond acceptors (Lipinski definition) is 3. The smallest absolute Gasteiger partial charge is 0.355 e. The Kier molecular flexibility index (Phi) is 4.56. The molecule has 1 heterocycles. The maximum atomic E-state index is 12.5. The second-order valence-electron chi connectivity index (χ2n) is 6.71. The highest BCUT2D eigenvalue weighted by Crippen LogP contribution is 2.27. The van der Waals surface area contributed by atoms with E-state index in [0.29, 0.717) is 24.4 Å². The van der Waals surface area contributed by atoms with Gasteiger partial charge in [-0.05, 0) is 50.8 Å². The standard InChI is InChI=1S/C20H23NO3/c1-13(2)24-20(23)17-11-16-5-4-6-18(22)19(16)21(17)12-15-9-7-14(3)8-10-15/h7-11,13H,4-6,12H2,1-3H3. The van der Waals surface area contributed by atoms with Gasteiger partial charge in [-0.2, -0.15) is 0 Å². The zero-order valence-electron chi connectivity index (χ0n) is 14.5. The molecule has 0 saturated heterocycles. The van der Waals surface area contributed by atoms with Crippen molar-refractivity contribution in [2.45, 2.75) is 52.7 Å². The number of fused-ring (bicyclic) bond motifs is 1. The van der Waals surface area contributed by atoms with Gasteiger partial charge in [0.1, 0.15) is 5.69 Å². The highest BCUT2D eigenvalue weighted by atomic mass is 16.5. The van der Waals surface area contributed by atoms with E-state index in [2.05, 4.69) is 0 Å². The summed E-state index contributed by atoms with van der Waals surface area (Å²) in [5.41, 5.74) is 4.37. The predicted molar refractivity (Wildman–Crippen MR) is 92.5 cm³/mol. The molecule has 24 heavy (non-hydrogen) atoms. The molecule has 4 nitrogen and oxygen atoms in total. The minimum atomic E-state index is -0.362. The fraction of sp³-hybridized carbons (Fsp3) is 0.400. The lowest BCUT2D eigenvalue weighted by molar-refractivity contribution is 0.0365. The molecule has 1 aromatic heterocycles. The number of ether oxygens (including phenoxy) is 1. The van der Waals surface area contributed by atoms with E-state index in [4.69, 9.17) is 4.74 Å². The van der Waals surface area contributed by atoms with E-state index in [1.54, 1.807) is 0 Å². The molecular formula is C20H23NO3. The Morgan fingerprint density at radius 3 is 2.58 bits per heavy atom. The number of carbonyl (C=O) groups is 2. The second kappa shape index (κ2) is 6.63. The first-order valence-corrected chi connectivity index (χ1v) is 8.48. The first kappa shape index (κ1) is 16.5. The molecule has 0 saturated carbocycles. The Balaban J connectivity index is 2.03. The molecule has 3 rings (SSSR count). The quantitative estimate of drug-likeness (QED) is 0.800. The first-order chi connectivity index (χ1) is 11.5. The zero-order valence-corrected chi connectivity index (χ0v) is 14.5. The van der Waals surface area contributed by atoms with Crippen LogP contribution in [0.25, 0.3) is 0 Å². The number of hydrogen-bond donors (Lipinski definition) is 0. The number of Topliss-reactive ketones (excluding diaryl/α,β-unsaturated/α-hetero) is 1. The fourth-order valence-corrected chi connectivity index (χ4v) is 3.17.